The van der Waals surface area contributed by atoms with Gasteiger partial charge < -0.3 is 64.2 Å². The Hall–Kier alpha value is -2.83. The largest absolute Gasteiger partial charge is 0.457 e. The molecule has 14 heteroatoms. The van der Waals surface area contributed by atoms with Crippen molar-refractivity contribution in [1.82, 2.24) is 0 Å². The average molecular weight is 907 g/mol. The van der Waals surface area contributed by atoms with E-state index in [0.29, 0.717) is 19.4 Å². The second-order valence-electron chi connectivity index (χ2n) is 16.2. The molecule has 0 radical (unpaired) electrons. The molecule has 0 aromatic rings. The Labute approximate surface area is 382 Å². The lowest BCUT2D eigenvalue weighted by Gasteiger charge is -2.42. The molecule has 0 spiro atoms. The van der Waals surface area contributed by atoms with Gasteiger partial charge in [-0.1, -0.05) is 137 Å². The summed E-state index contributed by atoms with van der Waals surface area (Å²) in [7, 11) is 0. The van der Waals surface area contributed by atoms with E-state index in [9.17, 15) is 40.5 Å². The molecule has 2 rings (SSSR count). The summed E-state index contributed by atoms with van der Waals surface area (Å²) in [6, 6.07) is 0. The highest BCUT2D eigenvalue weighted by Gasteiger charge is 2.47. The molecular weight excluding hydrogens is 825 g/mol. The van der Waals surface area contributed by atoms with Crippen LogP contribution in [0, 0.1) is 0 Å². The Balaban J connectivity index is 1.77. The highest BCUT2D eigenvalue weighted by molar-refractivity contribution is 5.69. The number of ether oxygens (including phenoxy) is 6. The Morgan fingerprint density at radius 2 is 1.00 bits per heavy atom. The van der Waals surface area contributed by atoms with E-state index in [-0.39, 0.29) is 19.6 Å². The second-order valence-corrected chi connectivity index (χ2v) is 16.2. The predicted octanol–water partition coefficient (Wildman–Crippen LogP) is 6.12. The maximum absolute atomic E-state index is 12.9. The molecule has 0 saturated carbocycles. The van der Waals surface area contributed by atoms with Crippen LogP contribution in [0.5, 0.6) is 0 Å². The first-order valence-electron chi connectivity index (χ1n) is 23.7. The molecule has 2 heterocycles. The summed E-state index contributed by atoms with van der Waals surface area (Å²) in [5, 5.41) is 71.8. The minimum absolute atomic E-state index is 0.0328. The smallest absolute Gasteiger partial charge is 0.306 e. The SMILES string of the molecule is CC/C=C\C/C=C\C/C=C\C/C=C\C/C=C\C/C=C\C/C=C\CCCC(=O)OC(COCCCCCCCCC)COC1OC(COC2OC(CO)C(O)C(O)C2O)C(O)C(O)C1O. The molecule has 0 aromatic heterocycles. The number of carbonyl (C=O) groups excluding carboxylic acids is 1. The summed E-state index contributed by atoms with van der Waals surface area (Å²) in [5.74, 6) is -0.440. The van der Waals surface area contributed by atoms with Gasteiger partial charge in [-0.05, 0) is 64.2 Å². The third kappa shape index (κ3) is 25.2. The maximum atomic E-state index is 12.9. The molecule has 2 aliphatic heterocycles. The van der Waals surface area contributed by atoms with Gasteiger partial charge in [0, 0.05) is 13.0 Å². The first-order valence-corrected chi connectivity index (χ1v) is 23.7. The van der Waals surface area contributed by atoms with Crippen molar-refractivity contribution in [3.05, 3.63) is 85.1 Å². The van der Waals surface area contributed by atoms with Gasteiger partial charge in [0.1, 0.15) is 54.9 Å². The van der Waals surface area contributed by atoms with Crippen molar-refractivity contribution in [2.45, 2.75) is 191 Å². The van der Waals surface area contributed by atoms with Crippen molar-refractivity contribution < 1.29 is 69.0 Å². The van der Waals surface area contributed by atoms with Crippen LogP contribution in [0.4, 0.5) is 0 Å². The lowest BCUT2D eigenvalue weighted by molar-refractivity contribution is -0.332. The van der Waals surface area contributed by atoms with Crippen molar-refractivity contribution in [2.75, 3.05) is 33.0 Å². The van der Waals surface area contributed by atoms with Gasteiger partial charge in [0.15, 0.2) is 12.6 Å². The highest BCUT2D eigenvalue weighted by atomic mass is 16.7. The van der Waals surface area contributed by atoms with E-state index >= 15 is 0 Å². The minimum Gasteiger partial charge on any atom is -0.457 e. The Morgan fingerprint density at radius 1 is 0.531 bits per heavy atom. The van der Waals surface area contributed by atoms with Gasteiger partial charge in [-0.15, -0.1) is 0 Å². The van der Waals surface area contributed by atoms with E-state index in [1.807, 2.05) is 6.08 Å². The van der Waals surface area contributed by atoms with E-state index in [1.165, 1.54) is 25.7 Å². The zero-order valence-electron chi connectivity index (χ0n) is 38.5. The number of esters is 1. The summed E-state index contributed by atoms with van der Waals surface area (Å²) >= 11 is 0. The van der Waals surface area contributed by atoms with Gasteiger partial charge in [0.05, 0.1) is 26.4 Å². The van der Waals surface area contributed by atoms with Gasteiger partial charge in [0.2, 0.25) is 0 Å². The van der Waals surface area contributed by atoms with Crippen LogP contribution in [0.25, 0.3) is 0 Å². The van der Waals surface area contributed by atoms with Crippen molar-refractivity contribution in [2.24, 2.45) is 0 Å². The van der Waals surface area contributed by atoms with Gasteiger partial charge in [-0.25, -0.2) is 0 Å². The molecule has 0 aliphatic carbocycles. The number of hydrogen-bond acceptors (Lipinski definition) is 14. The third-order valence-corrected chi connectivity index (χ3v) is 10.7. The number of allylic oxidation sites excluding steroid dienone is 14. The Morgan fingerprint density at radius 3 is 1.53 bits per heavy atom. The molecule has 11 atom stereocenters. The molecular formula is C50H82O14. The molecule has 366 valence electrons. The zero-order valence-corrected chi connectivity index (χ0v) is 38.5. The summed E-state index contributed by atoms with van der Waals surface area (Å²) in [6.45, 7) is 3.41. The first-order chi connectivity index (χ1) is 31.1. The molecule has 2 saturated heterocycles. The van der Waals surface area contributed by atoms with Crippen LogP contribution in [-0.4, -0.2) is 142 Å². The van der Waals surface area contributed by atoms with Crippen LogP contribution in [0.3, 0.4) is 0 Å². The molecule has 2 fully saturated rings. The number of aliphatic hydroxyl groups excluding tert-OH is 7. The maximum Gasteiger partial charge on any atom is 0.306 e. The Bertz CT molecular complexity index is 1380. The quantitative estimate of drug-likeness (QED) is 0.0217. The summed E-state index contributed by atoms with van der Waals surface area (Å²) in [4.78, 5) is 12.9. The number of unbranched alkanes of at least 4 members (excludes halogenated alkanes) is 7. The first kappa shape index (κ1) is 57.3. The summed E-state index contributed by atoms with van der Waals surface area (Å²) in [6.07, 6.45) is 29.7. The molecule has 14 nitrogen and oxygen atoms in total. The topological polar surface area (TPSA) is 214 Å². The van der Waals surface area contributed by atoms with Crippen molar-refractivity contribution in [3.63, 3.8) is 0 Å². The molecule has 7 N–H and O–H groups in total. The summed E-state index contributed by atoms with van der Waals surface area (Å²) < 4.78 is 34.0. The highest BCUT2D eigenvalue weighted by Crippen LogP contribution is 2.26. The lowest BCUT2D eigenvalue weighted by atomic mass is 9.98. The minimum atomic E-state index is -1.72. The van der Waals surface area contributed by atoms with E-state index in [1.54, 1.807) is 0 Å². The molecule has 64 heavy (non-hydrogen) atoms. The molecule has 0 bridgehead atoms. The molecule has 0 amide bonds. The van der Waals surface area contributed by atoms with Crippen LogP contribution < -0.4 is 0 Å². The van der Waals surface area contributed by atoms with Crippen LogP contribution >= 0.6 is 0 Å². The van der Waals surface area contributed by atoms with Crippen LogP contribution in [0.2, 0.25) is 0 Å². The van der Waals surface area contributed by atoms with E-state index < -0.39 is 86.7 Å². The van der Waals surface area contributed by atoms with E-state index in [4.69, 9.17) is 28.4 Å². The fraction of sp³-hybridized carbons (Fsp3) is 0.700. The normalized spacial score (nSPS) is 27.5. The second kappa shape index (κ2) is 37.3. The van der Waals surface area contributed by atoms with Crippen molar-refractivity contribution >= 4 is 5.97 Å². The van der Waals surface area contributed by atoms with Crippen molar-refractivity contribution in [3.8, 4) is 0 Å². The van der Waals surface area contributed by atoms with Crippen LogP contribution in [-0.2, 0) is 33.2 Å². The Kier molecular flexibility index (Phi) is 33.4. The fourth-order valence-electron chi connectivity index (χ4n) is 6.80. The third-order valence-electron chi connectivity index (χ3n) is 10.7. The van der Waals surface area contributed by atoms with Gasteiger partial charge in [-0.2, -0.15) is 0 Å². The molecule has 0 aromatic carbocycles. The van der Waals surface area contributed by atoms with Crippen molar-refractivity contribution in [1.29, 1.82) is 0 Å². The van der Waals surface area contributed by atoms with Gasteiger partial charge in [0.25, 0.3) is 0 Å². The average Bonchev–Trinajstić information content (AvgIpc) is 3.29. The number of carbonyl (C=O) groups is 1. The number of hydrogen-bond donors (Lipinski definition) is 7. The predicted molar refractivity (Wildman–Crippen MR) is 247 cm³/mol. The van der Waals surface area contributed by atoms with Gasteiger partial charge >= 0.3 is 5.97 Å². The molecule has 11 unspecified atom stereocenters. The van der Waals surface area contributed by atoms with Crippen LogP contribution in [0.15, 0.2) is 85.1 Å². The standard InChI is InChI=1S/C50H82O14/c1-3-5-7-9-11-12-13-14-15-16-17-18-19-20-21-22-23-24-25-26-27-29-31-33-42(52)62-39(36-59-34-32-30-28-10-8-6-4-2)37-60-49-48(58)46(56)44(54)41(64-49)38-61-50-47(57)45(55)43(53)40(35-51)63-50/h5,7,11-12,14-15,17-18,20-21,23-24,26-27,39-41,43-51,53-58H,3-4,6,8-10,13,16,19,22,25,28-38H2,1-2H3/b7-5-,12-11-,15-14-,18-17-,21-20-,24-23-,27-26-. The monoisotopic (exact) mass is 907 g/mol. The van der Waals surface area contributed by atoms with Crippen LogP contribution in [0.1, 0.15) is 123 Å². The van der Waals surface area contributed by atoms with E-state index in [0.717, 1.165) is 64.2 Å². The van der Waals surface area contributed by atoms with Gasteiger partial charge in [-0.3, -0.25) is 4.79 Å². The zero-order chi connectivity index (χ0) is 46.6. The lowest BCUT2D eigenvalue weighted by Crippen LogP contribution is -2.61. The van der Waals surface area contributed by atoms with E-state index in [2.05, 4.69) is 92.8 Å². The fourth-order valence-corrected chi connectivity index (χ4v) is 6.80. The molecule has 2 aliphatic rings. The number of aliphatic hydroxyl groups is 7. The summed E-state index contributed by atoms with van der Waals surface area (Å²) in [5.41, 5.74) is 0. The number of rotatable bonds is 35.